The summed E-state index contributed by atoms with van der Waals surface area (Å²) in [5.74, 6) is 3.63. The minimum absolute atomic E-state index is 0.00343. The Bertz CT molecular complexity index is 235. The number of hydrogen-bond donors (Lipinski definition) is 1. The maximum absolute atomic E-state index is 12.0. The van der Waals surface area contributed by atoms with Crippen molar-refractivity contribution in [3.8, 4) is 0 Å². The van der Waals surface area contributed by atoms with Crippen molar-refractivity contribution in [2.75, 3.05) is 31.1 Å². The topological polar surface area (TPSA) is 32.3 Å². The van der Waals surface area contributed by atoms with Crippen LogP contribution in [0.4, 0.5) is 0 Å². The molecule has 2 aliphatic rings. The molecule has 0 aromatic carbocycles. The van der Waals surface area contributed by atoms with Gasteiger partial charge in [0, 0.05) is 13.1 Å². The lowest BCUT2D eigenvalue weighted by Gasteiger charge is -2.22. The number of rotatable bonds is 4. The molecule has 0 aliphatic carbocycles. The van der Waals surface area contributed by atoms with Gasteiger partial charge in [-0.3, -0.25) is 4.79 Å². The van der Waals surface area contributed by atoms with Gasteiger partial charge in [0.05, 0.1) is 6.04 Å². The fourth-order valence-corrected chi connectivity index (χ4v) is 3.67. The van der Waals surface area contributed by atoms with Crippen LogP contribution in [0.25, 0.3) is 0 Å². The number of nitrogens with zero attached hydrogens (tertiary/aromatic N) is 1. The van der Waals surface area contributed by atoms with Crippen LogP contribution in [0.15, 0.2) is 0 Å². The zero-order valence-corrected chi connectivity index (χ0v) is 10.9. The van der Waals surface area contributed by atoms with E-state index < -0.39 is 0 Å². The van der Waals surface area contributed by atoms with Gasteiger partial charge in [0.25, 0.3) is 0 Å². The zero-order chi connectivity index (χ0) is 11.4. The van der Waals surface area contributed by atoms with Crippen LogP contribution >= 0.6 is 11.8 Å². The molecule has 0 radical (unpaired) electrons. The maximum Gasteiger partial charge on any atom is 0.239 e. The molecule has 3 nitrogen and oxygen atoms in total. The molecule has 2 atom stereocenters. The van der Waals surface area contributed by atoms with Crippen molar-refractivity contribution >= 4 is 17.7 Å². The van der Waals surface area contributed by atoms with Gasteiger partial charge in [-0.1, -0.05) is 0 Å². The lowest BCUT2D eigenvalue weighted by molar-refractivity contribution is -0.131. The van der Waals surface area contributed by atoms with Gasteiger partial charge >= 0.3 is 0 Å². The first-order valence-corrected chi connectivity index (χ1v) is 7.53. The third-order valence-corrected chi connectivity index (χ3v) is 4.76. The van der Waals surface area contributed by atoms with Gasteiger partial charge in [0.1, 0.15) is 0 Å². The highest BCUT2D eigenvalue weighted by atomic mass is 32.2. The first kappa shape index (κ1) is 12.2. The van der Waals surface area contributed by atoms with Gasteiger partial charge < -0.3 is 10.2 Å². The smallest absolute Gasteiger partial charge is 0.239 e. The van der Waals surface area contributed by atoms with E-state index in [4.69, 9.17) is 0 Å². The SMILES string of the molecule is CC(NCC1CCSC1)C(=O)N1CCCC1. The predicted octanol–water partition coefficient (Wildman–Crippen LogP) is 1.34. The van der Waals surface area contributed by atoms with Gasteiger partial charge in [-0.15, -0.1) is 0 Å². The molecule has 92 valence electrons. The van der Waals surface area contributed by atoms with Crippen LogP contribution in [0.2, 0.25) is 0 Å². The van der Waals surface area contributed by atoms with Crippen LogP contribution in [0, 0.1) is 5.92 Å². The van der Waals surface area contributed by atoms with Crippen LogP contribution in [-0.2, 0) is 4.79 Å². The van der Waals surface area contributed by atoms with Crippen molar-refractivity contribution in [1.82, 2.24) is 10.2 Å². The van der Waals surface area contributed by atoms with E-state index in [2.05, 4.69) is 5.32 Å². The lowest BCUT2D eigenvalue weighted by Crippen LogP contribution is -2.45. The van der Waals surface area contributed by atoms with E-state index in [0.29, 0.717) is 5.91 Å². The Balaban J connectivity index is 1.69. The third-order valence-electron chi connectivity index (χ3n) is 3.52. The summed E-state index contributed by atoms with van der Waals surface area (Å²) < 4.78 is 0. The fraction of sp³-hybridized carbons (Fsp3) is 0.917. The molecule has 2 rings (SSSR count). The Labute approximate surface area is 102 Å². The Morgan fingerprint density at radius 1 is 1.50 bits per heavy atom. The van der Waals surface area contributed by atoms with Gasteiger partial charge in [0.2, 0.25) is 5.91 Å². The quantitative estimate of drug-likeness (QED) is 0.807. The first-order chi connectivity index (χ1) is 7.77. The van der Waals surface area contributed by atoms with Crippen LogP contribution in [-0.4, -0.2) is 48.0 Å². The van der Waals surface area contributed by atoms with Crippen molar-refractivity contribution in [3.63, 3.8) is 0 Å². The fourth-order valence-electron chi connectivity index (χ4n) is 2.39. The summed E-state index contributed by atoms with van der Waals surface area (Å²) in [4.78, 5) is 14.0. The summed E-state index contributed by atoms with van der Waals surface area (Å²) in [6.45, 7) is 4.94. The summed E-state index contributed by atoms with van der Waals surface area (Å²) in [5, 5.41) is 3.40. The minimum Gasteiger partial charge on any atom is -0.341 e. The number of nitrogens with one attached hydrogen (secondary N) is 1. The Hall–Kier alpha value is -0.220. The minimum atomic E-state index is 0.00343. The van der Waals surface area contributed by atoms with Crippen molar-refractivity contribution in [3.05, 3.63) is 0 Å². The second kappa shape index (κ2) is 5.92. The summed E-state index contributed by atoms with van der Waals surface area (Å²) in [7, 11) is 0. The molecule has 0 saturated carbocycles. The summed E-state index contributed by atoms with van der Waals surface area (Å²) in [5.41, 5.74) is 0. The highest BCUT2D eigenvalue weighted by Crippen LogP contribution is 2.22. The van der Waals surface area contributed by atoms with Crippen molar-refractivity contribution in [2.24, 2.45) is 5.92 Å². The van der Waals surface area contributed by atoms with Crippen LogP contribution in [0.1, 0.15) is 26.2 Å². The molecule has 2 heterocycles. The van der Waals surface area contributed by atoms with Crippen LogP contribution < -0.4 is 5.32 Å². The van der Waals surface area contributed by atoms with Crippen LogP contribution in [0.5, 0.6) is 0 Å². The number of thioether (sulfide) groups is 1. The van der Waals surface area contributed by atoms with E-state index >= 15 is 0 Å². The first-order valence-electron chi connectivity index (χ1n) is 6.37. The molecule has 2 fully saturated rings. The van der Waals surface area contributed by atoms with E-state index in [1.54, 1.807) is 0 Å². The highest BCUT2D eigenvalue weighted by molar-refractivity contribution is 7.99. The monoisotopic (exact) mass is 242 g/mol. The Morgan fingerprint density at radius 2 is 2.25 bits per heavy atom. The van der Waals surface area contributed by atoms with E-state index in [9.17, 15) is 4.79 Å². The molecule has 1 amide bonds. The third kappa shape index (κ3) is 3.14. The number of carbonyl (C=O) groups is 1. The molecule has 0 bridgehead atoms. The second-order valence-corrected chi connectivity index (χ2v) is 6.04. The number of carbonyl (C=O) groups excluding carboxylic acids is 1. The summed E-state index contributed by atoms with van der Waals surface area (Å²) >= 11 is 2.03. The number of likely N-dealkylation sites (tertiary alicyclic amines) is 1. The zero-order valence-electron chi connectivity index (χ0n) is 10.1. The van der Waals surface area contributed by atoms with E-state index in [-0.39, 0.29) is 6.04 Å². The van der Waals surface area contributed by atoms with Crippen molar-refractivity contribution in [1.29, 1.82) is 0 Å². The number of amides is 1. The molecule has 2 unspecified atom stereocenters. The second-order valence-electron chi connectivity index (χ2n) is 4.89. The van der Waals surface area contributed by atoms with Gasteiger partial charge in [0.15, 0.2) is 0 Å². The lowest BCUT2D eigenvalue weighted by atomic mass is 10.1. The summed E-state index contributed by atoms with van der Waals surface area (Å²) in [6, 6.07) is 0.00343. The molecule has 2 aliphatic heterocycles. The van der Waals surface area contributed by atoms with Gasteiger partial charge in [-0.2, -0.15) is 11.8 Å². The molecule has 2 saturated heterocycles. The highest BCUT2D eigenvalue weighted by Gasteiger charge is 2.24. The average molecular weight is 242 g/mol. The molecular formula is C12H22N2OS. The molecular weight excluding hydrogens is 220 g/mol. The number of hydrogen-bond acceptors (Lipinski definition) is 3. The average Bonchev–Trinajstić information content (AvgIpc) is 2.96. The Morgan fingerprint density at radius 3 is 2.88 bits per heavy atom. The summed E-state index contributed by atoms with van der Waals surface area (Å²) in [6.07, 6.45) is 3.66. The standard InChI is InChI=1S/C12H22N2OS/c1-10(12(15)14-5-2-3-6-14)13-8-11-4-7-16-9-11/h10-11,13H,2-9H2,1H3. The van der Waals surface area contributed by atoms with E-state index in [1.807, 2.05) is 23.6 Å². The van der Waals surface area contributed by atoms with Crippen LogP contribution in [0.3, 0.4) is 0 Å². The molecule has 0 spiro atoms. The normalized spacial score (nSPS) is 27.3. The molecule has 0 aromatic rings. The van der Waals surface area contributed by atoms with Gasteiger partial charge in [-0.25, -0.2) is 0 Å². The Kier molecular flexibility index (Phi) is 4.53. The molecule has 1 N–H and O–H groups in total. The van der Waals surface area contributed by atoms with E-state index in [0.717, 1.165) is 25.6 Å². The molecule has 16 heavy (non-hydrogen) atoms. The van der Waals surface area contributed by atoms with Crippen molar-refractivity contribution < 1.29 is 4.79 Å². The maximum atomic E-state index is 12.0. The molecule has 0 aromatic heterocycles. The molecule has 4 heteroatoms. The van der Waals surface area contributed by atoms with Crippen molar-refractivity contribution in [2.45, 2.75) is 32.2 Å². The predicted molar refractivity (Wildman–Crippen MR) is 68.7 cm³/mol. The van der Waals surface area contributed by atoms with E-state index in [1.165, 1.54) is 30.8 Å². The largest absolute Gasteiger partial charge is 0.341 e. The van der Waals surface area contributed by atoms with Gasteiger partial charge in [-0.05, 0) is 50.2 Å².